The fraction of sp³-hybridized carbons (Fsp3) is 0.281. The fourth-order valence-electron chi connectivity index (χ4n) is 5.74. The van der Waals surface area contributed by atoms with Gasteiger partial charge in [-0.1, -0.05) is 43.1 Å². The lowest BCUT2D eigenvalue weighted by molar-refractivity contribution is -0.118. The zero-order valence-electron chi connectivity index (χ0n) is 22.9. The molecule has 0 bridgehead atoms. The van der Waals surface area contributed by atoms with Gasteiger partial charge >= 0.3 is 0 Å². The Morgan fingerprint density at radius 1 is 1.20 bits per heavy atom. The molecule has 1 unspecified atom stereocenters. The highest BCUT2D eigenvalue weighted by molar-refractivity contribution is 7.98. The summed E-state index contributed by atoms with van der Waals surface area (Å²) in [6.45, 7) is 8.17. The molecule has 1 aliphatic carbocycles. The van der Waals surface area contributed by atoms with E-state index in [1.54, 1.807) is 47.1 Å². The summed E-state index contributed by atoms with van der Waals surface area (Å²) < 4.78 is 13.4. The van der Waals surface area contributed by atoms with Crippen molar-refractivity contribution in [1.29, 1.82) is 5.26 Å². The highest BCUT2D eigenvalue weighted by atomic mass is 35.5. The molecular formula is C32H30ClFN4OS. The van der Waals surface area contributed by atoms with Gasteiger partial charge in [-0.05, 0) is 78.8 Å². The number of nitrogens with two attached hydrogens (primary N) is 1. The van der Waals surface area contributed by atoms with Crippen LogP contribution in [0.2, 0.25) is 5.15 Å². The van der Waals surface area contributed by atoms with Gasteiger partial charge in [0, 0.05) is 34.5 Å². The highest BCUT2D eigenvalue weighted by Crippen LogP contribution is 2.51. The lowest BCUT2D eigenvalue weighted by Crippen LogP contribution is -2.42. The predicted molar refractivity (Wildman–Crippen MR) is 158 cm³/mol. The fourth-order valence-corrected chi connectivity index (χ4v) is 6.90. The van der Waals surface area contributed by atoms with Crippen LogP contribution in [0.3, 0.4) is 0 Å². The number of nitrogens with zero attached hydrogens (tertiary/aromatic N) is 3. The molecule has 1 aliphatic heterocycles. The van der Waals surface area contributed by atoms with Crippen LogP contribution < -0.4 is 10.6 Å². The second kappa shape index (κ2) is 10.8. The largest absolute Gasteiger partial charge is 0.384 e. The van der Waals surface area contributed by atoms with Crippen LogP contribution in [-0.4, -0.2) is 10.8 Å². The number of pyridine rings is 1. The van der Waals surface area contributed by atoms with Crippen molar-refractivity contribution in [1.82, 2.24) is 4.98 Å². The Hall–Kier alpha value is -3.60. The van der Waals surface area contributed by atoms with Crippen LogP contribution >= 0.6 is 23.4 Å². The maximum atomic E-state index is 13.9. The van der Waals surface area contributed by atoms with Crippen LogP contribution in [-0.2, 0) is 10.5 Å². The smallest absolute Gasteiger partial charge is 0.162 e. The molecule has 5 nitrogen and oxygen atoms in total. The summed E-state index contributed by atoms with van der Waals surface area (Å²) >= 11 is 8.13. The number of ketones is 1. The number of Topliss-reactive ketones (excluding diaryl/α,β-unsaturated/α-hetero) is 1. The molecule has 0 saturated carbocycles. The van der Waals surface area contributed by atoms with Crippen molar-refractivity contribution in [2.75, 3.05) is 4.90 Å². The highest BCUT2D eigenvalue weighted by Gasteiger charge is 2.45. The van der Waals surface area contributed by atoms with Crippen molar-refractivity contribution in [2.45, 2.75) is 57.1 Å². The molecule has 40 heavy (non-hydrogen) atoms. The van der Waals surface area contributed by atoms with Gasteiger partial charge in [-0.3, -0.25) is 9.69 Å². The van der Waals surface area contributed by atoms with Crippen LogP contribution in [0.5, 0.6) is 0 Å². The van der Waals surface area contributed by atoms with Gasteiger partial charge < -0.3 is 5.73 Å². The molecule has 1 aromatic heterocycles. The predicted octanol–water partition coefficient (Wildman–Crippen LogP) is 7.72. The Kier molecular flexibility index (Phi) is 7.52. The van der Waals surface area contributed by atoms with Gasteiger partial charge in [0.15, 0.2) is 10.9 Å². The molecule has 0 radical (unpaired) electrons. The molecule has 2 aliphatic rings. The van der Waals surface area contributed by atoms with Crippen LogP contribution in [0.4, 0.5) is 10.1 Å². The number of anilines is 1. The summed E-state index contributed by atoms with van der Waals surface area (Å²) in [5.41, 5.74) is 12.7. The van der Waals surface area contributed by atoms with Crippen LogP contribution in [0.1, 0.15) is 54.9 Å². The van der Waals surface area contributed by atoms with Crippen molar-refractivity contribution in [2.24, 2.45) is 11.1 Å². The van der Waals surface area contributed by atoms with Gasteiger partial charge in [0.2, 0.25) is 0 Å². The number of nitriles is 1. The number of halogens is 2. The Labute approximate surface area is 243 Å². The van der Waals surface area contributed by atoms with E-state index in [0.29, 0.717) is 35.4 Å². The molecule has 0 amide bonds. The number of carbonyl (C=O) groups excluding carboxylic acids is 1. The normalized spacial score (nSPS) is 18.6. The summed E-state index contributed by atoms with van der Waals surface area (Å²) in [6.07, 6.45) is 2.55. The number of hydrogen-bond donors (Lipinski definition) is 1. The summed E-state index contributed by atoms with van der Waals surface area (Å²) in [7, 11) is 0. The summed E-state index contributed by atoms with van der Waals surface area (Å²) in [5, 5.41) is 10.7. The molecule has 2 N–H and O–H groups in total. The molecule has 2 aromatic carbocycles. The van der Waals surface area contributed by atoms with Gasteiger partial charge in [-0.15, -0.1) is 11.8 Å². The van der Waals surface area contributed by atoms with E-state index in [4.69, 9.17) is 17.3 Å². The third kappa shape index (κ3) is 5.14. The standard InChI is InChI=1S/C32H30ClFN4OS/c1-18-12-20(17-40-22-9-7-21(34)8-10-22)19(2)23(13-18)28-24(16-35)31(36)38(25-6-5-11-37-30(25)33)26-14-32(3,4)15-27(39)29(26)28/h5-13,28H,14-15,17,36H2,1-4H3. The molecule has 0 spiro atoms. The minimum Gasteiger partial charge on any atom is -0.384 e. The van der Waals surface area contributed by atoms with Gasteiger partial charge in [-0.25, -0.2) is 9.37 Å². The molecule has 5 rings (SSSR count). The first-order valence-electron chi connectivity index (χ1n) is 13.1. The van der Waals surface area contributed by atoms with Crippen LogP contribution in [0.15, 0.2) is 82.3 Å². The molecule has 1 atom stereocenters. The van der Waals surface area contributed by atoms with E-state index < -0.39 is 5.92 Å². The topological polar surface area (TPSA) is 83.0 Å². The van der Waals surface area contributed by atoms with E-state index in [2.05, 4.69) is 37.0 Å². The molecular weight excluding hydrogens is 543 g/mol. The minimum atomic E-state index is -0.593. The Balaban J connectivity index is 1.67. The second-order valence-corrected chi connectivity index (χ2v) is 12.6. The van der Waals surface area contributed by atoms with Crippen molar-refractivity contribution >= 4 is 34.8 Å². The van der Waals surface area contributed by atoms with E-state index in [-0.39, 0.29) is 28.0 Å². The monoisotopic (exact) mass is 572 g/mol. The van der Waals surface area contributed by atoms with Gasteiger partial charge in [-0.2, -0.15) is 5.26 Å². The van der Waals surface area contributed by atoms with Gasteiger partial charge in [0.05, 0.1) is 23.2 Å². The molecule has 0 saturated heterocycles. The number of benzene rings is 2. The molecule has 2 heterocycles. The SMILES string of the molecule is Cc1cc(CSc2ccc(F)cc2)c(C)c(C2C(C#N)=C(N)N(c3cccnc3Cl)C3=C2C(=O)CC(C)(C)C3)c1. The summed E-state index contributed by atoms with van der Waals surface area (Å²) in [5.74, 6) is 0.0591. The summed E-state index contributed by atoms with van der Waals surface area (Å²) in [6, 6.07) is 16.5. The average molecular weight is 573 g/mol. The number of carbonyl (C=O) groups is 1. The number of rotatable bonds is 5. The first kappa shape index (κ1) is 27.9. The molecule has 3 aromatic rings. The quantitative estimate of drug-likeness (QED) is 0.249. The number of aryl methyl sites for hydroxylation is 1. The zero-order chi connectivity index (χ0) is 28.8. The van der Waals surface area contributed by atoms with Crippen molar-refractivity contribution in [3.05, 3.63) is 111 Å². The maximum Gasteiger partial charge on any atom is 0.162 e. The van der Waals surface area contributed by atoms with E-state index in [1.165, 1.54) is 12.1 Å². The molecule has 0 fully saturated rings. The molecule has 8 heteroatoms. The van der Waals surface area contributed by atoms with Gasteiger partial charge in [0.1, 0.15) is 11.6 Å². The zero-order valence-corrected chi connectivity index (χ0v) is 24.5. The maximum absolute atomic E-state index is 13.9. The van der Waals surface area contributed by atoms with Crippen LogP contribution in [0.25, 0.3) is 0 Å². The van der Waals surface area contributed by atoms with E-state index >= 15 is 0 Å². The lowest BCUT2D eigenvalue weighted by atomic mass is 9.68. The van der Waals surface area contributed by atoms with E-state index in [9.17, 15) is 14.4 Å². The minimum absolute atomic E-state index is 0.00431. The lowest BCUT2D eigenvalue weighted by Gasteiger charge is -2.44. The average Bonchev–Trinajstić information content (AvgIpc) is 2.89. The van der Waals surface area contributed by atoms with E-state index in [1.807, 2.05) is 13.8 Å². The first-order chi connectivity index (χ1) is 19.0. The van der Waals surface area contributed by atoms with Crippen LogP contribution in [0, 0.1) is 36.4 Å². The third-order valence-electron chi connectivity index (χ3n) is 7.58. The van der Waals surface area contributed by atoms with Gasteiger partial charge in [0.25, 0.3) is 0 Å². The van der Waals surface area contributed by atoms with Crippen molar-refractivity contribution in [3.8, 4) is 6.07 Å². The Morgan fingerprint density at radius 2 is 1.93 bits per heavy atom. The van der Waals surface area contributed by atoms with Crippen molar-refractivity contribution < 1.29 is 9.18 Å². The molecule has 204 valence electrons. The number of thioether (sulfide) groups is 1. The Morgan fingerprint density at radius 3 is 2.60 bits per heavy atom. The number of aromatic nitrogens is 1. The number of hydrogen-bond acceptors (Lipinski definition) is 6. The third-order valence-corrected chi connectivity index (χ3v) is 8.93. The Bertz CT molecular complexity index is 1620. The summed E-state index contributed by atoms with van der Waals surface area (Å²) in [4.78, 5) is 20.9. The number of allylic oxidation sites excluding steroid dienone is 3. The second-order valence-electron chi connectivity index (χ2n) is 11.2. The first-order valence-corrected chi connectivity index (χ1v) is 14.4. The van der Waals surface area contributed by atoms with Crippen molar-refractivity contribution in [3.63, 3.8) is 0 Å². The van der Waals surface area contributed by atoms with E-state index in [0.717, 1.165) is 32.8 Å².